The molecule has 5 nitrogen and oxygen atoms in total. The van der Waals surface area contributed by atoms with Crippen molar-refractivity contribution >= 4 is 21.6 Å². The van der Waals surface area contributed by atoms with Crippen LogP contribution in [0.1, 0.15) is 55.3 Å². The van der Waals surface area contributed by atoms with E-state index in [1.807, 2.05) is 10.9 Å². The van der Waals surface area contributed by atoms with Gasteiger partial charge in [-0.3, -0.25) is 0 Å². The number of fused-ring (bicyclic) bond motifs is 1. The van der Waals surface area contributed by atoms with Crippen LogP contribution >= 0.6 is 11.6 Å². The van der Waals surface area contributed by atoms with Crippen LogP contribution < -0.4 is 0 Å². The highest BCUT2D eigenvalue weighted by Gasteiger charge is 2.41. The van der Waals surface area contributed by atoms with E-state index in [9.17, 15) is 26.0 Å². The molecular weight excluding hydrogens is 566 g/mol. The van der Waals surface area contributed by atoms with Crippen LogP contribution in [0.2, 0.25) is 5.02 Å². The molecule has 3 aliphatic rings. The standard InChI is InChI=1S/C29H28ClF4N3O2S/c1-17-24-14-35-37(23-9-7-22(31)8-10-23)26(24)12-19-4-5-20(28(17)19)16-36(15-18-2-3-18)40(38,39)27-13-21(29(32,33)34)6-11-25(27)30/h6-11,13-14,17-18,20H,2-5,12,15-16H2,1H3/t17-,20+/m0/s1. The molecule has 1 saturated carbocycles. The number of benzene rings is 2. The summed E-state index contributed by atoms with van der Waals surface area (Å²) in [6.45, 7) is 2.54. The molecule has 0 unspecified atom stereocenters. The quantitative estimate of drug-likeness (QED) is 0.216. The Morgan fingerprint density at radius 3 is 2.48 bits per heavy atom. The minimum atomic E-state index is -4.69. The molecule has 1 heterocycles. The predicted octanol–water partition coefficient (Wildman–Crippen LogP) is 7.15. The molecule has 40 heavy (non-hydrogen) atoms. The van der Waals surface area contributed by atoms with Gasteiger partial charge in [-0.15, -0.1) is 0 Å². The minimum absolute atomic E-state index is 0.00285. The highest BCUT2D eigenvalue weighted by atomic mass is 35.5. The third-order valence-electron chi connectivity index (χ3n) is 8.39. The zero-order chi connectivity index (χ0) is 28.4. The molecule has 0 aliphatic heterocycles. The zero-order valence-corrected chi connectivity index (χ0v) is 23.3. The van der Waals surface area contributed by atoms with Gasteiger partial charge in [0.1, 0.15) is 10.7 Å². The largest absolute Gasteiger partial charge is 0.416 e. The van der Waals surface area contributed by atoms with Gasteiger partial charge in [0, 0.05) is 31.0 Å². The lowest BCUT2D eigenvalue weighted by Gasteiger charge is -2.31. The average Bonchev–Trinajstić information content (AvgIpc) is 3.47. The summed E-state index contributed by atoms with van der Waals surface area (Å²) in [6.07, 6.45) is 1.15. The van der Waals surface area contributed by atoms with E-state index in [0.717, 1.165) is 54.8 Å². The molecule has 11 heteroatoms. The number of rotatable bonds is 7. The molecule has 3 aliphatic carbocycles. The van der Waals surface area contributed by atoms with Gasteiger partial charge in [0.25, 0.3) is 0 Å². The van der Waals surface area contributed by atoms with E-state index in [4.69, 9.17) is 11.6 Å². The number of alkyl halides is 3. The summed E-state index contributed by atoms with van der Waals surface area (Å²) in [4.78, 5) is -0.503. The number of hydrogen-bond acceptors (Lipinski definition) is 3. The maximum Gasteiger partial charge on any atom is 0.416 e. The monoisotopic (exact) mass is 593 g/mol. The van der Waals surface area contributed by atoms with Crippen molar-refractivity contribution < 1.29 is 26.0 Å². The van der Waals surface area contributed by atoms with Crippen molar-refractivity contribution in [2.45, 2.75) is 56.0 Å². The molecule has 0 N–H and O–H groups in total. The second-order valence-corrected chi connectivity index (χ2v) is 13.3. The Kier molecular flexibility index (Phi) is 6.86. The van der Waals surface area contributed by atoms with Gasteiger partial charge in [0.15, 0.2) is 0 Å². The first-order valence-electron chi connectivity index (χ1n) is 13.3. The summed E-state index contributed by atoms with van der Waals surface area (Å²) in [6, 6.07) is 8.63. The Bertz CT molecular complexity index is 1590. The van der Waals surface area contributed by atoms with E-state index in [0.29, 0.717) is 12.5 Å². The molecule has 0 radical (unpaired) electrons. The molecule has 0 saturated heterocycles. The molecule has 0 amide bonds. The first-order chi connectivity index (χ1) is 18.9. The third-order valence-corrected chi connectivity index (χ3v) is 10.7. The second kappa shape index (κ2) is 9.99. The summed E-state index contributed by atoms with van der Waals surface area (Å²) in [7, 11) is -4.28. The number of halogens is 5. The molecule has 0 spiro atoms. The maximum absolute atomic E-state index is 13.8. The Balaban J connectivity index is 1.30. The van der Waals surface area contributed by atoms with Crippen molar-refractivity contribution in [2.24, 2.45) is 11.8 Å². The van der Waals surface area contributed by atoms with Gasteiger partial charge in [0.2, 0.25) is 10.0 Å². The van der Waals surface area contributed by atoms with E-state index in [1.54, 1.807) is 12.1 Å². The van der Waals surface area contributed by atoms with Crippen LogP contribution in [0, 0.1) is 17.7 Å². The van der Waals surface area contributed by atoms with Crippen LogP contribution in [0.3, 0.4) is 0 Å². The van der Waals surface area contributed by atoms with E-state index in [2.05, 4.69) is 12.0 Å². The van der Waals surface area contributed by atoms with E-state index in [1.165, 1.54) is 27.6 Å². The van der Waals surface area contributed by atoms with Crippen molar-refractivity contribution in [3.8, 4) is 5.69 Å². The van der Waals surface area contributed by atoms with Gasteiger partial charge in [-0.05, 0) is 80.0 Å². The van der Waals surface area contributed by atoms with Gasteiger partial charge >= 0.3 is 6.18 Å². The fourth-order valence-electron chi connectivity index (χ4n) is 6.20. The Morgan fingerprint density at radius 1 is 1.07 bits per heavy atom. The summed E-state index contributed by atoms with van der Waals surface area (Å²) in [5, 5.41) is 4.36. The van der Waals surface area contributed by atoms with Gasteiger partial charge in [-0.2, -0.15) is 22.6 Å². The normalized spacial score (nSPS) is 21.2. The van der Waals surface area contributed by atoms with E-state index in [-0.39, 0.29) is 41.7 Å². The van der Waals surface area contributed by atoms with E-state index >= 15 is 0 Å². The van der Waals surface area contributed by atoms with Crippen LogP contribution in [0.4, 0.5) is 17.6 Å². The first kappa shape index (κ1) is 27.5. The van der Waals surface area contributed by atoms with Gasteiger partial charge in [-0.1, -0.05) is 29.7 Å². The number of nitrogens with zero attached hydrogens (tertiary/aromatic N) is 3. The fraction of sp³-hybridized carbons (Fsp3) is 0.414. The maximum atomic E-state index is 13.8. The van der Waals surface area contributed by atoms with E-state index < -0.39 is 26.7 Å². The van der Waals surface area contributed by atoms with Crippen LogP contribution in [-0.4, -0.2) is 35.6 Å². The Hall–Kier alpha value is -2.69. The second-order valence-electron chi connectivity index (χ2n) is 11.0. The number of allylic oxidation sites excluding steroid dienone is 1. The minimum Gasteiger partial charge on any atom is -0.237 e. The number of sulfonamides is 1. The predicted molar refractivity (Wildman–Crippen MR) is 143 cm³/mol. The van der Waals surface area contributed by atoms with Crippen LogP contribution in [0.25, 0.3) is 5.69 Å². The third kappa shape index (κ3) is 4.99. The molecule has 1 fully saturated rings. The van der Waals surface area contributed by atoms with Crippen LogP contribution in [0.5, 0.6) is 0 Å². The lowest BCUT2D eigenvalue weighted by molar-refractivity contribution is -0.137. The van der Waals surface area contributed by atoms with Gasteiger partial charge in [-0.25, -0.2) is 17.5 Å². The lowest BCUT2D eigenvalue weighted by atomic mass is 9.80. The SMILES string of the molecule is C[C@@H]1C2=C(CC[C@@H]2CN(CC2CC2)S(=O)(=O)c2cc(C(F)(F)F)ccc2Cl)Cc2c1cnn2-c1ccc(F)cc1. The van der Waals surface area contributed by atoms with Crippen molar-refractivity contribution in [1.82, 2.24) is 14.1 Å². The molecule has 212 valence electrons. The fourth-order valence-corrected chi connectivity index (χ4v) is 8.26. The molecule has 2 aromatic carbocycles. The summed E-state index contributed by atoms with van der Waals surface area (Å²) >= 11 is 6.18. The summed E-state index contributed by atoms with van der Waals surface area (Å²) in [5.41, 5.74) is 4.25. The molecular formula is C29H28ClF4N3O2S. The zero-order valence-electron chi connectivity index (χ0n) is 21.8. The summed E-state index contributed by atoms with van der Waals surface area (Å²) < 4.78 is 84.6. The summed E-state index contributed by atoms with van der Waals surface area (Å²) in [5.74, 6) is -0.189. The van der Waals surface area contributed by atoms with Crippen molar-refractivity contribution in [1.29, 1.82) is 0 Å². The van der Waals surface area contributed by atoms with Crippen LogP contribution in [0.15, 0.2) is 64.7 Å². The van der Waals surface area contributed by atoms with Crippen molar-refractivity contribution in [3.05, 3.63) is 87.5 Å². The van der Waals surface area contributed by atoms with Gasteiger partial charge in [0.05, 0.1) is 28.2 Å². The molecule has 6 rings (SSSR count). The molecule has 3 aromatic rings. The topological polar surface area (TPSA) is 55.2 Å². The number of hydrogen-bond donors (Lipinski definition) is 0. The number of aromatic nitrogens is 2. The van der Waals surface area contributed by atoms with Crippen molar-refractivity contribution in [2.75, 3.05) is 13.1 Å². The average molecular weight is 594 g/mol. The Labute approximate surface area is 235 Å². The molecule has 0 bridgehead atoms. The van der Waals surface area contributed by atoms with Crippen molar-refractivity contribution in [3.63, 3.8) is 0 Å². The smallest absolute Gasteiger partial charge is 0.237 e. The molecule has 2 atom stereocenters. The highest BCUT2D eigenvalue weighted by molar-refractivity contribution is 7.89. The molecule has 1 aromatic heterocycles. The van der Waals surface area contributed by atoms with Crippen LogP contribution in [-0.2, 0) is 22.6 Å². The highest BCUT2D eigenvalue weighted by Crippen LogP contribution is 2.48. The van der Waals surface area contributed by atoms with Gasteiger partial charge < -0.3 is 0 Å². The Morgan fingerprint density at radius 2 is 1.80 bits per heavy atom. The first-order valence-corrected chi connectivity index (χ1v) is 15.2. The lowest BCUT2D eigenvalue weighted by Crippen LogP contribution is -2.38.